The zero-order valence-electron chi connectivity index (χ0n) is 12.2. The molecule has 112 valence electrons. The molecule has 19 heavy (non-hydrogen) atoms. The van der Waals surface area contributed by atoms with Gasteiger partial charge in [-0.1, -0.05) is 20.8 Å². The summed E-state index contributed by atoms with van der Waals surface area (Å²) in [6, 6.07) is 0. The first-order chi connectivity index (χ1) is 8.67. The standard InChI is InChI=1S/C13H27N3O2S/c1-10(2)6-9-19(17,18)16-13(12(14)15)7-4-11(3)5-8-13/h10-11,16H,4-9H2,1-3H3,(H3,14,15). The molecular formula is C13H27N3O2S. The first-order valence-corrected chi connectivity index (χ1v) is 8.68. The Hall–Kier alpha value is -0.620. The summed E-state index contributed by atoms with van der Waals surface area (Å²) >= 11 is 0. The number of sulfonamides is 1. The monoisotopic (exact) mass is 289 g/mol. The molecule has 0 unspecified atom stereocenters. The third-order valence-electron chi connectivity index (χ3n) is 3.96. The van der Waals surface area contributed by atoms with Crippen molar-refractivity contribution in [2.24, 2.45) is 17.6 Å². The van der Waals surface area contributed by atoms with E-state index in [0.717, 1.165) is 12.8 Å². The molecular weight excluding hydrogens is 262 g/mol. The van der Waals surface area contributed by atoms with Gasteiger partial charge < -0.3 is 5.73 Å². The summed E-state index contributed by atoms with van der Waals surface area (Å²) in [5, 5.41) is 7.75. The zero-order chi connectivity index (χ0) is 14.7. The Kier molecular flexibility index (Phi) is 5.38. The van der Waals surface area contributed by atoms with Crippen LogP contribution in [0.25, 0.3) is 0 Å². The van der Waals surface area contributed by atoms with Crippen molar-refractivity contribution in [2.45, 2.75) is 58.4 Å². The van der Waals surface area contributed by atoms with E-state index >= 15 is 0 Å². The van der Waals surface area contributed by atoms with Gasteiger partial charge in [0, 0.05) is 0 Å². The summed E-state index contributed by atoms with van der Waals surface area (Å²) in [7, 11) is -3.37. The number of nitrogens with two attached hydrogens (primary N) is 1. The van der Waals surface area contributed by atoms with Gasteiger partial charge in [0.15, 0.2) is 0 Å². The Bertz CT molecular complexity index is 410. The van der Waals surface area contributed by atoms with Crippen molar-refractivity contribution in [3.63, 3.8) is 0 Å². The van der Waals surface area contributed by atoms with Gasteiger partial charge in [0.1, 0.15) is 5.84 Å². The highest BCUT2D eigenvalue weighted by molar-refractivity contribution is 7.89. The van der Waals surface area contributed by atoms with Crippen LogP contribution in [0, 0.1) is 17.2 Å². The Labute approximate surface area is 116 Å². The maximum absolute atomic E-state index is 12.1. The van der Waals surface area contributed by atoms with Gasteiger partial charge in [0.25, 0.3) is 0 Å². The van der Waals surface area contributed by atoms with Crippen molar-refractivity contribution in [3.8, 4) is 0 Å². The van der Waals surface area contributed by atoms with Crippen LogP contribution in [0.3, 0.4) is 0 Å². The van der Waals surface area contributed by atoms with E-state index in [1.807, 2.05) is 13.8 Å². The van der Waals surface area contributed by atoms with Crippen molar-refractivity contribution in [1.82, 2.24) is 4.72 Å². The molecule has 0 heterocycles. The van der Waals surface area contributed by atoms with E-state index in [1.54, 1.807) is 0 Å². The fourth-order valence-corrected chi connectivity index (χ4v) is 4.21. The first kappa shape index (κ1) is 16.4. The second-order valence-electron chi connectivity index (χ2n) is 6.28. The molecule has 0 aliphatic heterocycles. The van der Waals surface area contributed by atoms with Crippen LogP contribution in [0.5, 0.6) is 0 Å². The lowest BCUT2D eigenvalue weighted by molar-refractivity contribution is 0.285. The van der Waals surface area contributed by atoms with Crippen molar-refractivity contribution in [3.05, 3.63) is 0 Å². The third-order valence-corrected chi connectivity index (χ3v) is 5.43. The van der Waals surface area contributed by atoms with Crippen LogP contribution in [0.2, 0.25) is 0 Å². The molecule has 5 nitrogen and oxygen atoms in total. The Morgan fingerprint density at radius 2 is 1.95 bits per heavy atom. The Morgan fingerprint density at radius 1 is 1.42 bits per heavy atom. The van der Waals surface area contributed by atoms with Crippen molar-refractivity contribution in [2.75, 3.05) is 5.75 Å². The molecule has 0 aromatic heterocycles. The minimum Gasteiger partial charge on any atom is -0.386 e. The molecule has 1 rings (SSSR count). The Morgan fingerprint density at radius 3 is 2.37 bits per heavy atom. The van der Waals surface area contributed by atoms with Gasteiger partial charge >= 0.3 is 0 Å². The van der Waals surface area contributed by atoms with Crippen LogP contribution in [0.4, 0.5) is 0 Å². The van der Waals surface area contributed by atoms with Crippen molar-refractivity contribution in [1.29, 1.82) is 5.41 Å². The summed E-state index contributed by atoms with van der Waals surface area (Å²) < 4.78 is 27.0. The molecule has 0 aromatic rings. The minimum absolute atomic E-state index is 0.0486. The second-order valence-corrected chi connectivity index (χ2v) is 8.12. The summed E-state index contributed by atoms with van der Waals surface area (Å²) in [6.07, 6.45) is 3.70. The lowest BCUT2D eigenvalue weighted by Gasteiger charge is -2.38. The number of hydrogen-bond acceptors (Lipinski definition) is 3. The molecule has 0 radical (unpaired) electrons. The summed E-state index contributed by atoms with van der Waals surface area (Å²) in [5.41, 5.74) is 4.82. The fourth-order valence-electron chi connectivity index (χ4n) is 2.42. The highest BCUT2D eigenvalue weighted by Gasteiger charge is 2.40. The lowest BCUT2D eigenvalue weighted by Crippen LogP contribution is -2.59. The number of nitrogens with one attached hydrogen (secondary N) is 2. The molecule has 1 saturated carbocycles. The molecule has 0 amide bonds. The molecule has 6 heteroatoms. The maximum Gasteiger partial charge on any atom is 0.212 e. The van der Waals surface area contributed by atoms with Crippen LogP contribution >= 0.6 is 0 Å². The van der Waals surface area contributed by atoms with Crippen LogP contribution in [0.1, 0.15) is 52.9 Å². The first-order valence-electron chi connectivity index (χ1n) is 7.03. The third kappa shape index (κ3) is 4.76. The van der Waals surface area contributed by atoms with Crippen LogP contribution < -0.4 is 10.5 Å². The molecule has 0 spiro atoms. The number of hydrogen-bond donors (Lipinski definition) is 3. The second kappa shape index (κ2) is 6.22. The topological polar surface area (TPSA) is 96.0 Å². The van der Waals surface area contributed by atoms with E-state index in [-0.39, 0.29) is 11.6 Å². The van der Waals surface area contributed by atoms with Gasteiger partial charge in [-0.3, -0.25) is 5.41 Å². The van der Waals surface area contributed by atoms with Gasteiger partial charge in [-0.15, -0.1) is 0 Å². The van der Waals surface area contributed by atoms with Gasteiger partial charge in [0.05, 0.1) is 11.3 Å². The SMILES string of the molecule is CC(C)CCS(=O)(=O)NC1(C(=N)N)CCC(C)CC1. The summed E-state index contributed by atoms with van der Waals surface area (Å²) in [4.78, 5) is 0. The van der Waals surface area contributed by atoms with Gasteiger partial charge in [-0.2, -0.15) is 0 Å². The van der Waals surface area contributed by atoms with Crippen LogP contribution in [-0.2, 0) is 10.0 Å². The largest absolute Gasteiger partial charge is 0.386 e. The smallest absolute Gasteiger partial charge is 0.212 e. The zero-order valence-corrected chi connectivity index (χ0v) is 13.0. The Balaban J connectivity index is 2.76. The van der Waals surface area contributed by atoms with E-state index in [9.17, 15) is 8.42 Å². The normalized spacial score (nSPS) is 28.5. The van der Waals surface area contributed by atoms with E-state index in [1.165, 1.54) is 0 Å². The summed E-state index contributed by atoms with van der Waals surface area (Å²) in [6.45, 7) is 6.15. The number of rotatable bonds is 6. The molecule has 4 N–H and O–H groups in total. The van der Waals surface area contributed by atoms with E-state index < -0.39 is 15.6 Å². The average Bonchev–Trinajstić information content (AvgIpc) is 2.29. The minimum atomic E-state index is -3.37. The molecule has 0 bridgehead atoms. The van der Waals surface area contributed by atoms with Crippen LogP contribution in [0.15, 0.2) is 0 Å². The highest BCUT2D eigenvalue weighted by Crippen LogP contribution is 2.32. The summed E-state index contributed by atoms with van der Waals surface area (Å²) in [5.74, 6) is 0.978. The van der Waals surface area contributed by atoms with Crippen molar-refractivity contribution < 1.29 is 8.42 Å². The molecule has 1 aliphatic carbocycles. The van der Waals surface area contributed by atoms with Crippen LogP contribution in [-0.4, -0.2) is 25.5 Å². The average molecular weight is 289 g/mol. The lowest BCUT2D eigenvalue weighted by atomic mass is 9.77. The van der Waals surface area contributed by atoms with E-state index in [4.69, 9.17) is 11.1 Å². The van der Waals surface area contributed by atoms with Gasteiger partial charge in [0.2, 0.25) is 10.0 Å². The predicted molar refractivity (Wildman–Crippen MR) is 78.7 cm³/mol. The molecule has 1 aliphatic rings. The molecule has 0 atom stereocenters. The van der Waals surface area contributed by atoms with Gasteiger partial charge in [-0.25, -0.2) is 13.1 Å². The van der Waals surface area contributed by atoms with E-state index in [0.29, 0.717) is 31.1 Å². The quantitative estimate of drug-likeness (QED) is 0.514. The van der Waals surface area contributed by atoms with Crippen molar-refractivity contribution >= 4 is 15.9 Å². The molecule has 0 saturated heterocycles. The molecule has 1 fully saturated rings. The van der Waals surface area contributed by atoms with E-state index in [2.05, 4.69) is 11.6 Å². The molecule has 0 aromatic carbocycles. The maximum atomic E-state index is 12.1. The fraction of sp³-hybridized carbons (Fsp3) is 0.923. The number of amidine groups is 1. The highest BCUT2D eigenvalue weighted by atomic mass is 32.2. The van der Waals surface area contributed by atoms with Gasteiger partial charge in [-0.05, 0) is 43.9 Å². The predicted octanol–water partition coefficient (Wildman–Crippen LogP) is 1.84.